The fourth-order valence-electron chi connectivity index (χ4n) is 3.24. The van der Waals surface area contributed by atoms with Crippen LogP contribution in [0.25, 0.3) is 0 Å². The zero-order valence-corrected chi connectivity index (χ0v) is 26.7. The van der Waals surface area contributed by atoms with Gasteiger partial charge in [-0.1, -0.05) is 71.0 Å². The van der Waals surface area contributed by atoms with Gasteiger partial charge in [-0.05, 0) is 92.7 Å². The summed E-state index contributed by atoms with van der Waals surface area (Å²) < 4.78 is 1.01. The Morgan fingerprint density at radius 2 is 1.73 bits per heavy atom. The molecule has 0 radical (unpaired) electrons. The van der Waals surface area contributed by atoms with Crippen molar-refractivity contribution in [2.45, 2.75) is 80.1 Å². The minimum Gasteiger partial charge on any atom is -0.372 e. The van der Waals surface area contributed by atoms with Gasteiger partial charge in [0.25, 0.3) is 0 Å². The Kier molecular flexibility index (Phi) is 30.3. The largest absolute Gasteiger partial charge is 0.372 e. The van der Waals surface area contributed by atoms with Crippen LogP contribution >= 0.6 is 15.9 Å². The van der Waals surface area contributed by atoms with E-state index in [0.717, 1.165) is 67.5 Å². The Balaban J connectivity index is -0.000000810. The van der Waals surface area contributed by atoms with Gasteiger partial charge in [0.1, 0.15) is 12.1 Å². The van der Waals surface area contributed by atoms with Crippen molar-refractivity contribution in [2.75, 3.05) is 27.2 Å². The van der Waals surface area contributed by atoms with Crippen LogP contribution in [0, 0.1) is 12.8 Å². The standard InChI is InChI=1S/C21H32BrN3.C7H14O.C2H6.C2H4/c1-6-20(22)18(3)25(5)21(24-16-10-9-15-23-4)14-13-19-12-8-7-11-17(19)2;1-3-5-7(4-2)6-8;2*1-2/h6-8,11-12,14,23-24H,1,9-10,13,15-16H2,2-5H3;6-7H,3-5H2,1-2H3;1-2H3;1-2H2/b20-18+,21-14-;;;. The average molecular weight is 579 g/mol. The highest BCUT2D eigenvalue weighted by atomic mass is 79.9. The molecule has 4 nitrogen and oxygen atoms in total. The van der Waals surface area contributed by atoms with Crippen LogP contribution in [0.15, 0.2) is 72.2 Å². The molecule has 0 aliphatic carbocycles. The van der Waals surface area contributed by atoms with Gasteiger partial charge >= 0.3 is 0 Å². The van der Waals surface area contributed by atoms with Crippen molar-refractivity contribution >= 4 is 22.2 Å². The number of rotatable bonds is 15. The van der Waals surface area contributed by atoms with E-state index < -0.39 is 0 Å². The summed E-state index contributed by atoms with van der Waals surface area (Å²) in [4.78, 5) is 12.3. The van der Waals surface area contributed by atoms with Crippen LogP contribution in [0.1, 0.15) is 77.8 Å². The monoisotopic (exact) mass is 577 g/mol. The van der Waals surface area contributed by atoms with E-state index in [0.29, 0.717) is 5.92 Å². The van der Waals surface area contributed by atoms with Gasteiger partial charge in [0.2, 0.25) is 0 Å². The first-order valence-electron chi connectivity index (χ1n) is 13.7. The maximum atomic E-state index is 10.1. The molecule has 0 aromatic heterocycles. The van der Waals surface area contributed by atoms with E-state index in [1.165, 1.54) is 17.5 Å². The lowest BCUT2D eigenvalue weighted by molar-refractivity contribution is -0.111. The van der Waals surface area contributed by atoms with E-state index in [9.17, 15) is 4.79 Å². The summed E-state index contributed by atoms with van der Waals surface area (Å²) in [6.07, 6.45) is 11.6. The molecular formula is C32H56BrN3O. The second-order valence-corrected chi connectivity index (χ2v) is 9.10. The van der Waals surface area contributed by atoms with Crippen molar-refractivity contribution in [1.29, 1.82) is 0 Å². The van der Waals surface area contributed by atoms with Gasteiger partial charge in [0.15, 0.2) is 0 Å². The normalized spacial score (nSPS) is 11.6. The van der Waals surface area contributed by atoms with Crippen LogP contribution in [0.3, 0.4) is 0 Å². The Bertz CT molecular complexity index is 758. The molecule has 37 heavy (non-hydrogen) atoms. The first kappa shape index (κ1) is 39.4. The molecule has 0 heterocycles. The van der Waals surface area contributed by atoms with Crippen LogP contribution in [0.5, 0.6) is 0 Å². The maximum absolute atomic E-state index is 10.1. The molecule has 5 heteroatoms. The molecule has 0 spiro atoms. The Hall–Kier alpha value is -2.11. The summed E-state index contributed by atoms with van der Waals surface area (Å²) in [5.41, 5.74) is 3.82. The molecule has 0 fully saturated rings. The number of hydrogen-bond acceptors (Lipinski definition) is 4. The average Bonchev–Trinajstić information content (AvgIpc) is 2.95. The van der Waals surface area contributed by atoms with Gasteiger partial charge in [-0.25, -0.2) is 0 Å². The lowest BCUT2D eigenvalue weighted by atomic mass is 10.0. The summed E-state index contributed by atoms with van der Waals surface area (Å²) in [5.74, 6) is 1.45. The molecular weight excluding hydrogens is 522 g/mol. The number of aryl methyl sites for hydroxylation is 1. The molecule has 2 N–H and O–H groups in total. The van der Waals surface area contributed by atoms with E-state index in [4.69, 9.17) is 0 Å². The summed E-state index contributed by atoms with van der Waals surface area (Å²) in [5, 5.41) is 6.79. The van der Waals surface area contributed by atoms with Gasteiger partial charge in [0, 0.05) is 29.7 Å². The van der Waals surface area contributed by atoms with Gasteiger partial charge < -0.3 is 20.3 Å². The molecule has 0 aliphatic rings. The second-order valence-electron chi connectivity index (χ2n) is 8.25. The highest BCUT2D eigenvalue weighted by Crippen LogP contribution is 2.19. The molecule has 212 valence electrons. The van der Waals surface area contributed by atoms with Crippen molar-refractivity contribution in [1.82, 2.24) is 15.5 Å². The van der Waals surface area contributed by atoms with Crippen LogP contribution in [-0.2, 0) is 11.2 Å². The first-order chi connectivity index (χ1) is 17.9. The third kappa shape index (κ3) is 19.6. The lowest BCUT2D eigenvalue weighted by Crippen LogP contribution is -2.29. The van der Waals surface area contributed by atoms with Gasteiger partial charge in [0.05, 0.1) is 0 Å². The Morgan fingerprint density at radius 1 is 1.14 bits per heavy atom. The number of nitrogens with one attached hydrogen (secondary N) is 2. The number of aldehydes is 1. The minimum absolute atomic E-state index is 0.319. The molecule has 0 bridgehead atoms. The predicted octanol–water partition coefficient (Wildman–Crippen LogP) is 8.55. The highest BCUT2D eigenvalue weighted by Gasteiger charge is 2.09. The molecule has 0 saturated carbocycles. The first-order valence-corrected chi connectivity index (χ1v) is 14.5. The van der Waals surface area contributed by atoms with E-state index in [1.807, 2.05) is 27.0 Å². The third-order valence-corrected chi connectivity index (χ3v) is 6.60. The topological polar surface area (TPSA) is 44.4 Å². The number of halogens is 1. The van der Waals surface area contributed by atoms with Gasteiger partial charge in [-0.3, -0.25) is 0 Å². The smallest absolute Gasteiger partial charge is 0.123 e. The van der Waals surface area contributed by atoms with Crippen molar-refractivity contribution < 1.29 is 4.79 Å². The molecule has 1 unspecified atom stereocenters. The number of benzene rings is 1. The zero-order valence-electron chi connectivity index (χ0n) is 25.1. The van der Waals surface area contributed by atoms with Crippen molar-refractivity contribution in [3.63, 3.8) is 0 Å². The fourth-order valence-corrected chi connectivity index (χ4v) is 3.51. The van der Waals surface area contributed by atoms with Crippen molar-refractivity contribution in [3.8, 4) is 0 Å². The van der Waals surface area contributed by atoms with E-state index in [1.54, 1.807) is 0 Å². The molecule has 1 aromatic carbocycles. The van der Waals surface area contributed by atoms with E-state index >= 15 is 0 Å². The number of allylic oxidation sites excluding steroid dienone is 4. The second kappa shape index (κ2) is 28.5. The number of carbonyl (C=O) groups is 1. The van der Waals surface area contributed by atoms with Crippen molar-refractivity contribution in [3.05, 3.63) is 83.3 Å². The summed E-state index contributed by atoms with van der Waals surface area (Å²) in [6, 6.07) is 8.55. The quantitative estimate of drug-likeness (QED) is 0.0947. The number of unbranched alkanes of at least 4 members (excludes halogenated alkanes) is 1. The zero-order chi connectivity index (χ0) is 29.1. The number of hydrogen-bond donors (Lipinski definition) is 2. The van der Waals surface area contributed by atoms with Crippen LogP contribution < -0.4 is 10.6 Å². The molecule has 0 amide bonds. The van der Waals surface area contributed by atoms with Crippen LogP contribution in [0.4, 0.5) is 0 Å². The third-order valence-electron chi connectivity index (χ3n) is 5.70. The van der Waals surface area contributed by atoms with Gasteiger partial charge in [-0.15, -0.1) is 13.2 Å². The Labute approximate surface area is 238 Å². The summed E-state index contributed by atoms with van der Waals surface area (Å²) in [6.45, 7) is 24.3. The molecule has 0 saturated heterocycles. The number of carbonyl (C=O) groups excluding carboxylic acids is 1. The van der Waals surface area contributed by atoms with Gasteiger partial charge in [-0.2, -0.15) is 0 Å². The summed E-state index contributed by atoms with van der Waals surface area (Å²) >= 11 is 3.58. The Morgan fingerprint density at radius 3 is 2.19 bits per heavy atom. The molecule has 1 rings (SSSR count). The molecule has 1 aromatic rings. The van der Waals surface area contributed by atoms with E-state index in [2.05, 4.69) is 116 Å². The fraction of sp³-hybridized carbons (Fsp3) is 0.531. The SMILES string of the molecule is C=C.C=C/C(Br)=C(/C)N(C)/C(=C\Cc1ccccc1C)NCCCCNC.CC.CCCC(C=O)CC. The predicted molar refractivity (Wildman–Crippen MR) is 171 cm³/mol. The number of nitrogens with zero attached hydrogens (tertiary/aromatic N) is 1. The minimum atomic E-state index is 0.319. The van der Waals surface area contributed by atoms with Crippen molar-refractivity contribution in [2.24, 2.45) is 5.92 Å². The molecule has 0 aliphatic heterocycles. The molecule has 1 atom stereocenters. The van der Waals surface area contributed by atoms with E-state index in [-0.39, 0.29) is 0 Å². The van der Waals surface area contributed by atoms with Crippen LogP contribution in [-0.4, -0.2) is 38.4 Å². The highest BCUT2D eigenvalue weighted by molar-refractivity contribution is 9.11. The van der Waals surface area contributed by atoms with Crippen LogP contribution in [0.2, 0.25) is 0 Å². The lowest BCUT2D eigenvalue weighted by Gasteiger charge is -2.26. The maximum Gasteiger partial charge on any atom is 0.123 e. The summed E-state index contributed by atoms with van der Waals surface area (Å²) in [7, 11) is 4.08.